The van der Waals surface area contributed by atoms with E-state index in [1.165, 1.54) is 4.31 Å². The number of carbonyl (C=O) groups is 1. The number of rotatable bonds is 9. The zero-order valence-corrected chi connectivity index (χ0v) is 20.7. The number of benzene rings is 3. The van der Waals surface area contributed by atoms with Gasteiger partial charge in [0, 0.05) is 22.9 Å². The summed E-state index contributed by atoms with van der Waals surface area (Å²) in [5, 5.41) is 3.06. The molecule has 1 aliphatic rings. The Morgan fingerprint density at radius 3 is 2.38 bits per heavy atom. The molecule has 5 nitrogen and oxygen atoms in total. The Balaban J connectivity index is 1.35. The minimum Gasteiger partial charge on any atom is -0.325 e. The molecule has 1 saturated heterocycles. The van der Waals surface area contributed by atoms with Crippen molar-refractivity contribution in [1.29, 1.82) is 0 Å². The van der Waals surface area contributed by atoms with Crippen molar-refractivity contribution in [3.05, 3.63) is 90.5 Å². The van der Waals surface area contributed by atoms with Crippen LogP contribution in [0.2, 0.25) is 0 Å². The summed E-state index contributed by atoms with van der Waals surface area (Å²) < 4.78 is 27.4. The molecule has 0 aliphatic carbocycles. The van der Waals surface area contributed by atoms with Crippen LogP contribution in [0.5, 0.6) is 0 Å². The van der Waals surface area contributed by atoms with Crippen LogP contribution >= 0.6 is 11.8 Å². The highest BCUT2D eigenvalue weighted by Gasteiger charge is 2.32. The Kier molecular flexibility index (Phi) is 8.43. The number of piperidine rings is 1. The number of hydrogen-bond acceptors (Lipinski definition) is 4. The third-order valence-corrected chi connectivity index (χ3v) is 8.98. The molecule has 0 aromatic heterocycles. The highest BCUT2D eigenvalue weighted by molar-refractivity contribution is 7.99. The highest BCUT2D eigenvalue weighted by atomic mass is 32.2. The van der Waals surface area contributed by atoms with E-state index in [4.69, 9.17) is 0 Å². The van der Waals surface area contributed by atoms with Crippen molar-refractivity contribution < 1.29 is 13.2 Å². The molecule has 0 bridgehead atoms. The molecular weight excluding hydrogens is 464 g/mol. The van der Waals surface area contributed by atoms with Gasteiger partial charge < -0.3 is 5.32 Å². The van der Waals surface area contributed by atoms with Gasteiger partial charge in [0.05, 0.1) is 17.4 Å². The molecule has 3 aromatic rings. The van der Waals surface area contributed by atoms with E-state index in [9.17, 15) is 13.2 Å². The van der Waals surface area contributed by atoms with Crippen molar-refractivity contribution in [3.8, 4) is 0 Å². The quantitative estimate of drug-likeness (QED) is 0.430. The van der Waals surface area contributed by atoms with Gasteiger partial charge in [0.25, 0.3) is 0 Å². The molecule has 0 saturated carbocycles. The van der Waals surface area contributed by atoms with Gasteiger partial charge in [-0.3, -0.25) is 4.79 Å². The molecule has 1 N–H and O–H groups in total. The van der Waals surface area contributed by atoms with E-state index >= 15 is 0 Å². The number of sulfonamides is 1. The van der Waals surface area contributed by atoms with Gasteiger partial charge in [-0.15, -0.1) is 0 Å². The number of aryl methyl sites for hydroxylation is 1. The fourth-order valence-corrected chi connectivity index (χ4v) is 6.66. The number of hydrogen-bond donors (Lipinski definition) is 1. The average Bonchev–Trinajstić information content (AvgIpc) is 2.86. The summed E-state index contributed by atoms with van der Waals surface area (Å²) in [5.74, 6) is -0.370. The van der Waals surface area contributed by atoms with Gasteiger partial charge in [0.15, 0.2) is 0 Å². The highest BCUT2D eigenvalue weighted by Crippen LogP contribution is 2.33. The van der Waals surface area contributed by atoms with Gasteiger partial charge in [0.1, 0.15) is 0 Å². The van der Waals surface area contributed by atoms with Crippen molar-refractivity contribution >= 4 is 33.4 Å². The van der Waals surface area contributed by atoms with E-state index in [2.05, 4.69) is 5.32 Å². The number of nitrogens with one attached hydrogen (secondary N) is 1. The second kappa shape index (κ2) is 11.7. The van der Waals surface area contributed by atoms with Gasteiger partial charge >= 0.3 is 0 Å². The first-order valence-corrected chi connectivity index (χ1v) is 14.1. The van der Waals surface area contributed by atoms with Crippen LogP contribution in [0.1, 0.15) is 24.8 Å². The second-order valence-corrected chi connectivity index (χ2v) is 11.7. The Hall–Kier alpha value is -2.61. The minimum atomic E-state index is -3.39. The number of carbonyl (C=O) groups excluding carboxylic acids is 1. The molecule has 1 aliphatic heterocycles. The van der Waals surface area contributed by atoms with Gasteiger partial charge in [-0.25, -0.2) is 12.7 Å². The molecule has 7 heteroatoms. The summed E-state index contributed by atoms with van der Waals surface area (Å²) in [7, 11) is -3.39. The summed E-state index contributed by atoms with van der Waals surface area (Å²) in [6.45, 7) is 0.728. The number of anilines is 1. The standard InChI is InChI=1S/C27H30N2O3S2/c30-27(28-25-17-7-8-18-26(25)33-24-15-5-2-6-16-24)23-14-9-19-29(21-23)34(31,32)20-10-13-22-11-3-1-4-12-22/h1-8,11-12,15-18,23H,9-10,13-14,19-21H2,(H,28,30)/t23-/m0/s1. The summed E-state index contributed by atoms with van der Waals surface area (Å²) in [5.41, 5.74) is 1.89. The van der Waals surface area contributed by atoms with Crippen LogP contribution in [-0.4, -0.2) is 37.5 Å². The zero-order chi connectivity index (χ0) is 23.8. The largest absolute Gasteiger partial charge is 0.325 e. The van der Waals surface area contributed by atoms with Crippen molar-refractivity contribution in [2.45, 2.75) is 35.5 Å². The van der Waals surface area contributed by atoms with E-state index in [0.717, 1.165) is 27.5 Å². The molecule has 0 spiro atoms. The number of para-hydroxylation sites is 1. The Labute approximate surface area is 206 Å². The molecule has 3 aromatic carbocycles. The van der Waals surface area contributed by atoms with Gasteiger partial charge in [-0.2, -0.15) is 0 Å². The first-order valence-electron chi connectivity index (χ1n) is 11.7. The molecule has 34 heavy (non-hydrogen) atoms. The van der Waals surface area contributed by atoms with Crippen LogP contribution in [0.4, 0.5) is 5.69 Å². The molecule has 0 unspecified atom stereocenters. The average molecular weight is 495 g/mol. The monoisotopic (exact) mass is 494 g/mol. The first kappa shape index (κ1) is 24.5. The lowest BCUT2D eigenvalue weighted by atomic mass is 9.99. The lowest BCUT2D eigenvalue weighted by molar-refractivity contribution is -0.120. The smallest absolute Gasteiger partial charge is 0.228 e. The molecule has 0 radical (unpaired) electrons. The van der Waals surface area contributed by atoms with Gasteiger partial charge in [-0.1, -0.05) is 72.4 Å². The van der Waals surface area contributed by atoms with E-state index in [-0.39, 0.29) is 24.1 Å². The third-order valence-electron chi connectivity index (χ3n) is 5.97. The Morgan fingerprint density at radius 1 is 0.941 bits per heavy atom. The Morgan fingerprint density at radius 2 is 1.62 bits per heavy atom. The van der Waals surface area contributed by atoms with Gasteiger partial charge in [0.2, 0.25) is 15.9 Å². The topological polar surface area (TPSA) is 66.5 Å². The molecule has 1 fully saturated rings. The maximum atomic E-state index is 13.1. The van der Waals surface area contributed by atoms with Crippen LogP contribution in [0.25, 0.3) is 0 Å². The SMILES string of the molecule is O=C(Nc1ccccc1Sc1ccccc1)[C@H]1CCCN(S(=O)(=O)CCCc2ccccc2)C1. The molecule has 178 valence electrons. The second-order valence-electron chi connectivity index (χ2n) is 8.50. The van der Waals surface area contributed by atoms with E-state index < -0.39 is 10.0 Å². The van der Waals surface area contributed by atoms with Crippen molar-refractivity contribution in [1.82, 2.24) is 4.31 Å². The van der Waals surface area contributed by atoms with Crippen molar-refractivity contribution in [3.63, 3.8) is 0 Å². The van der Waals surface area contributed by atoms with E-state index in [1.807, 2.05) is 84.9 Å². The van der Waals surface area contributed by atoms with Crippen LogP contribution in [0.15, 0.2) is 94.7 Å². The molecular formula is C27H30N2O3S2. The molecule has 1 atom stereocenters. The van der Waals surface area contributed by atoms with Crippen LogP contribution in [0.3, 0.4) is 0 Å². The van der Waals surface area contributed by atoms with E-state index in [0.29, 0.717) is 25.8 Å². The summed E-state index contributed by atoms with van der Waals surface area (Å²) in [4.78, 5) is 15.2. The lowest BCUT2D eigenvalue weighted by Crippen LogP contribution is -2.44. The van der Waals surface area contributed by atoms with Crippen molar-refractivity contribution in [2.24, 2.45) is 5.92 Å². The molecule has 1 heterocycles. The summed E-state index contributed by atoms with van der Waals surface area (Å²) in [6, 6.07) is 27.7. The van der Waals surface area contributed by atoms with E-state index in [1.54, 1.807) is 11.8 Å². The number of amides is 1. The molecule has 4 rings (SSSR count). The predicted molar refractivity (Wildman–Crippen MR) is 138 cm³/mol. The molecule has 1 amide bonds. The lowest BCUT2D eigenvalue weighted by Gasteiger charge is -2.31. The van der Waals surface area contributed by atoms with Gasteiger partial charge in [-0.05, 0) is 55.5 Å². The van der Waals surface area contributed by atoms with Crippen LogP contribution in [-0.2, 0) is 21.2 Å². The normalized spacial score (nSPS) is 16.8. The first-order chi connectivity index (χ1) is 16.5. The van der Waals surface area contributed by atoms with Crippen LogP contribution < -0.4 is 5.32 Å². The Bertz CT molecular complexity index is 1180. The third kappa shape index (κ3) is 6.72. The fourth-order valence-electron chi connectivity index (χ4n) is 4.15. The maximum Gasteiger partial charge on any atom is 0.228 e. The summed E-state index contributed by atoms with van der Waals surface area (Å²) >= 11 is 1.59. The predicted octanol–water partition coefficient (Wildman–Crippen LogP) is 5.45. The zero-order valence-electron chi connectivity index (χ0n) is 19.1. The number of nitrogens with zero attached hydrogens (tertiary/aromatic N) is 1. The van der Waals surface area contributed by atoms with Crippen molar-refractivity contribution in [2.75, 3.05) is 24.2 Å². The summed E-state index contributed by atoms with van der Waals surface area (Å²) in [6.07, 6.45) is 2.68. The van der Waals surface area contributed by atoms with Crippen LogP contribution in [0, 0.1) is 5.92 Å². The fraction of sp³-hybridized carbons (Fsp3) is 0.296. The maximum absolute atomic E-state index is 13.1. The minimum absolute atomic E-state index is 0.104.